The summed E-state index contributed by atoms with van der Waals surface area (Å²) in [5.74, 6) is -1.52. The Balaban J connectivity index is 2.40. The van der Waals surface area contributed by atoms with Gasteiger partial charge >= 0.3 is 0 Å². The summed E-state index contributed by atoms with van der Waals surface area (Å²) in [6, 6.07) is 2.87. The van der Waals surface area contributed by atoms with Gasteiger partial charge in [-0.15, -0.1) is 0 Å². The summed E-state index contributed by atoms with van der Waals surface area (Å²) < 4.78 is 38.6. The smallest absolute Gasteiger partial charge is 0.204 e. The van der Waals surface area contributed by atoms with E-state index in [2.05, 4.69) is 32.9 Å². The topological polar surface area (TPSA) is 18.5 Å². The van der Waals surface area contributed by atoms with Gasteiger partial charge in [0.15, 0.2) is 11.5 Å². The average Bonchev–Trinajstić information content (AvgIpc) is 2.55. The molecule has 0 bridgehead atoms. The Kier molecular flexibility index (Phi) is 10.1. The summed E-state index contributed by atoms with van der Waals surface area (Å²) in [7, 11) is 0. The average molecular weight is 340 g/mol. The third-order valence-electron chi connectivity index (χ3n) is 3.56. The molecule has 0 heterocycles. The van der Waals surface area contributed by atoms with Crippen LogP contribution in [0.15, 0.2) is 24.3 Å². The van der Waals surface area contributed by atoms with Crippen LogP contribution >= 0.6 is 0 Å². The van der Waals surface area contributed by atoms with Crippen LogP contribution in [0.2, 0.25) is 0 Å². The van der Waals surface area contributed by atoms with Crippen LogP contribution in [-0.2, 0) is 0 Å². The van der Waals surface area contributed by atoms with Gasteiger partial charge in [0.05, 0.1) is 13.2 Å². The molecule has 0 radical (unpaired) electrons. The fourth-order valence-electron chi connectivity index (χ4n) is 2.20. The van der Waals surface area contributed by atoms with Gasteiger partial charge in [0.2, 0.25) is 11.6 Å². The molecule has 0 aliphatic carbocycles. The number of benzene rings is 1. The Morgan fingerprint density at radius 1 is 0.917 bits per heavy atom. The van der Waals surface area contributed by atoms with E-state index in [1.165, 1.54) is 12.1 Å². The minimum Gasteiger partial charge on any atom is -0.490 e. The number of unbranched alkanes of at least 4 members (excludes halogenated alkanes) is 4. The third kappa shape index (κ3) is 7.80. The van der Waals surface area contributed by atoms with E-state index in [1.807, 2.05) is 0 Å². The first-order valence-corrected chi connectivity index (χ1v) is 8.96. The number of halogens is 2. The van der Waals surface area contributed by atoms with Gasteiger partial charge in [-0.3, -0.25) is 0 Å². The molecular formula is C20H30F2O2. The number of allylic oxidation sites excluding steroid dienone is 2. The first kappa shape index (κ1) is 20.5. The van der Waals surface area contributed by atoms with E-state index in [-0.39, 0.29) is 11.5 Å². The van der Waals surface area contributed by atoms with Gasteiger partial charge in [0, 0.05) is 0 Å². The lowest BCUT2D eigenvalue weighted by molar-refractivity contribution is 0.269. The van der Waals surface area contributed by atoms with Crippen LogP contribution in [0.5, 0.6) is 11.5 Å². The van der Waals surface area contributed by atoms with E-state index in [0.29, 0.717) is 19.1 Å². The fraction of sp³-hybridized carbons (Fsp3) is 0.600. The highest BCUT2D eigenvalue weighted by Crippen LogP contribution is 2.28. The van der Waals surface area contributed by atoms with Gasteiger partial charge in [-0.25, -0.2) is 0 Å². The molecule has 0 fully saturated rings. The van der Waals surface area contributed by atoms with Crippen LogP contribution < -0.4 is 9.47 Å². The van der Waals surface area contributed by atoms with E-state index < -0.39 is 11.6 Å². The van der Waals surface area contributed by atoms with Crippen molar-refractivity contribution in [3.05, 3.63) is 35.9 Å². The molecule has 0 saturated carbocycles. The predicted molar refractivity (Wildman–Crippen MR) is 94.7 cm³/mol. The molecule has 0 N–H and O–H groups in total. The van der Waals surface area contributed by atoms with E-state index in [1.54, 1.807) is 0 Å². The van der Waals surface area contributed by atoms with Crippen molar-refractivity contribution in [2.75, 3.05) is 13.2 Å². The van der Waals surface area contributed by atoms with Crippen molar-refractivity contribution in [2.45, 2.75) is 59.3 Å². The maximum atomic E-state index is 14.0. The van der Waals surface area contributed by atoms with Crippen molar-refractivity contribution in [3.8, 4) is 11.5 Å². The number of ether oxygens (including phenoxy) is 2. The van der Waals surface area contributed by atoms with E-state index in [9.17, 15) is 8.78 Å². The van der Waals surface area contributed by atoms with Gasteiger partial charge < -0.3 is 9.47 Å². The lowest BCUT2D eigenvalue weighted by Crippen LogP contribution is -2.04. The van der Waals surface area contributed by atoms with Crippen LogP contribution in [-0.4, -0.2) is 13.2 Å². The molecule has 24 heavy (non-hydrogen) atoms. The van der Waals surface area contributed by atoms with Gasteiger partial charge in [-0.2, -0.15) is 8.78 Å². The predicted octanol–water partition coefficient (Wildman–Crippen LogP) is 6.30. The molecule has 4 heteroatoms. The first-order chi connectivity index (χ1) is 11.6. The quantitative estimate of drug-likeness (QED) is 0.328. The summed E-state index contributed by atoms with van der Waals surface area (Å²) in [4.78, 5) is 0. The summed E-state index contributed by atoms with van der Waals surface area (Å²) in [6.07, 6.45) is 9.96. The van der Waals surface area contributed by atoms with Crippen LogP contribution in [0.3, 0.4) is 0 Å². The zero-order valence-electron chi connectivity index (χ0n) is 15.1. The molecule has 0 aromatic heterocycles. The van der Waals surface area contributed by atoms with E-state index in [0.717, 1.165) is 38.5 Å². The second kappa shape index (κ2) is 11.9. The number of hydrogen-bond donors (Lipinski definition) is 0. The first-order valence-electron chi connectivity index (χ1n) is 8.96. The van der Waals surface area contributed by atoms with Crippen LogP contribution in [0.1, 0.15) is 59.3 Å². The molecule has 0 aliphatic rings. The van der Waals surface area contributed by atoms with Crippen LogP contribution in [0.25, 0.3) is 0 Å². The minimum absolute atomic E-state index is 0.0452. The van der Waals surface area contributed by atoms with Crippen molar-refractivity contribution in [3.63, 3.8) is 0 Å². The zero-order chi connectivity index (χ0) is 17.8. The van der Waals surface area contributed by atoms with Gasteiger partial charge in [-0.1, -0.05) is 52.2 Å². The van der Waals surface area contributed by atoms with Gasteiger partial charge in [0.1, 0.15) is 0 Å². The van der Waals surface area contributed by atoms with Crippen molar-refractivity contribution in [1.82, 2.24) is 0 Å². The zero-order valence-corrected chi connectivity index (χ0v) is 15.1. The SMILES string of the molecule is CCCCCCOc1ccc(OCCC/C=C/C(C)C)c(F)c1F. The molecular weight excluding hydrogens is 310 g/mol. The summed E-state index contributed by atoms with van der Waals surface area (Å²) in [5.41, 5.74) is 0. The Labute approximate surface area is 144 Å². The highest BCUT2D eigenvalue weighted by atomic mass is 19.2. The highest BCUT2D eigenvalue weighted by molar-refractivity contribution is 5.35. The largest absolute Gasteiger partial charge is 0.490 e. The van der Waals surface area contributed by atoms with Crippen molar-refractivity contribution < 1.29 is 18.3 Å². The molecule has 1 rings (SSSR count). The number of rotatable bonds is 12. The summed E-state index contributed by atoms with van der Waals surface area (Å²) in [6.45, 7) is 7.10. The lowest BCUT2D eigenvalue weighted by atomic mass is 10.2. The molecule has 0 spiro atoms. The Hall–Kier alpha value is -1.58. The van der Waals surface area contributed by atoms with Crippen molar-refractivity contribution in [2.24, 2.45) is 5.92 Å². The molecule has 0 amide bonds. The number of hydrogen-bond acceptors (Lipinski definition) is 2. The Bertz CT molecular complexity index is 499. The molecule has 136 valence electrons. The second-order valence-corrected chi connectivity index (χ2v) is 6.26. The monoisotopic (exact) mass is 340 g/mol. The highest BCUT2D eigenvalue weighted by Gasteiger charge is 2.15. The molecule has 1 aromatic rings. The minimum atomic E-state index is -0.973. The third-order valence-corrected chi connectivity index (χ3v) is 3.56. The van der Waals surface area contributed by atoms with Crippen molar-refractivity contribution >= 4 is 0 Å². The molecule has 0 saturated heterocycles. The van der Waals surface area contributed by atoms with Crippen molar-refractivity contribution in [1.29, 1.82) is 0 Å². The lowest BCUT2D eigenvalue weighted by Gasteiger charge is -2.11. The second-order valence-electron chi connectivity index (χ2n) is 6.26. The Morgan fingerprint density at radius 3 is 2.04 bits per heavy atom. The fourth-order valence-corrected chi connectivity index (χ4v) is 2.20. The molecule has 0 atom stereocenters. The molecule has 1 aromatic carbocycles. The maximum absolute atomic E-state index is 14.0. The van der Waals surface area contributed by atoms with E-state index >= 15 is 0 Å². The molecule has 0 aliphatic heterocycles. The summed E-state index contributed by atoms with van der Waals surface area (Å²) >= 11 is 0. The molecule has 0 unspecified atom stereocenters. The van der Waals surface area contributed by atoms with E-state index in [4.69, 9.17) is 9.47 Å². The Morgan fingerprint density at radius 2 is 1.50 bits per heavy atom. The maximum Gasteiger partial charge on any atom is 0.204 e. The van der Waals surface area contributed by atoms with Gasteiger partial charge in [0.25, 0.3) is 0 Å². The van der Waals surface area contributed by atoms with Crippen LogP contribution in [0.4, 0.5) is 8.78 Å². The van der Waals surface area contributed by atoms with Gasteiger partial charge in [-0.05, 0) is 37.3 Å². The summed E-state index contributed by atoms with van der Waals surface area (Å²) in [5, 5.41) is 0. The van der Waals surface area contributed by atoms with Crippen LogP contribution in [0, 0.1) is 17.6 Å². The standard InChI is InChI=1S/C20H30F2O2/c1-4-5-6-9-14-23-17-12-13-18(20(22)19(17)21)24-15-10-7-8-11-16(2)3/h8,11-13,16H,4-7,9-10,14-15H2,1-3H3/b11-8+. The molecule has 2 nitrogen and oxygen atoms in total. The normalized spacial score (nSPS) is 11.4.